The standard InChI is InChI=1S/C11H16O2/c1-3-8-12-10-6-5-7-11(10)13-9-4-2/h3-6,10-11H,1-2,7-9H2/t10-,11+/m0/s1. The molecular weight excluding hydrogens is 164 g/mol. The summed E-state index contributed by atoms with van der Waals surface area (Å²) in [4.78, 5) is 0. The minimum absolute atomic E-state index is 0.0814. The summed E-state index contributed by atoms with van der Waals surface area (Å²) in [5.74, 6) is 0. The van der Waals surface area contributed by atoms with Gasteiger partial charge in [-0.3, -0.25) is 0 Å². The minimum Gasteiger partial charge on any atom is -0.371 e. The van der Waals surface area contributed by atoms with E-state index in [4.69, 9.17) is 9.47 Å². The highest BCUT2D eigenvalue weighted by molar-refractivity contribution is 5.04. The van der Waals surface area contributed by atoms with E-state index < -0.39 is 0 Å². The Labute approximate surface area is 79.5 Å². The van der Waals surface area contributed by atoms with Gasteiger partial charge < -0.3 is 9.47 Å². The monoisotopic (exact) mass is 180 g/mol. The predicted octanol–water partition coefficient (Wildman–Crippen LogP) is 2.09. The smallest absolute Gasteiger partial charge is 0.102 e. The molecule has 2 nitrogen and oxygen atoms in total. The highest BCUT2D eigenvalue weighted by Gasteiger charge is 2.23. The van der Waals surface area contributed by atoms with Crippen LogP contribution in [0, 0.1) is 0 Å². The Morgan fingerprint density at radius 2 is 1.92 bits per heavy atom. The number of hydrogen-bond acceptors (Lipinski definition) is 2. The molecule has 0 fully saturated rings. The molecule has 1 aliphatic rings. The van der Waals surface area contributed by atoms with Crippen molar-refractivity contribution in [3.05, 3.63) is 37.5 Å². The molecule has 0 heterocycles. The second-order valence-electron chi connectivity index (χ2n) is 2.91. The molecule has 1 aliphatic carbocycles. The summed E-state index contributed by atoms with van der Waals surface area (Å²) in [5, 5.41) is 0. The van der Waals surface area contributed by atoms with Crippen LogP contribution >= 0.6 is 0 Å². The summed E-state index contributed by atoms with van der Waals surface area (Å²) in [6, 6.07) is 0. The van der Waals surface area contributed by atoms with Gasteiger partial charge in [0.2, 0.25) is 0 Å². The fourth-order valence-corrected chi connectivity index (χ4v) is 1.30. The minimum atomic E-state index is 0.0814. The highest BCUT2D eigenvalue weighted by atomic mass is 16.5. The highest BCUT2D eigenvalue weighted by Crippen LogP contribution is 2.17. The number of hydrogen-bond donors (Lipinski definition) is 0. The van der Waals surface area contributed by atoms with Crippen molar-refractivity contribution in [1.82, 2.24) is 0 Å². The van der Waals surface area contributed by atoms with Gasteiger partial charge in [-0.15, -0.1) is 13.2 Å². The maximum atomic E-state index is 5.52. The zero-order valence-corrected chi connectivity index (χ0v) is 7.82. The van der Waals surface area contributed by atoms with Crippen LogP contribution < -0.4 is 0 Å². The third kappa shape index (κ3) is 3.17. The number of rotatable bonds is 6. The molecule has 0 bridgehead atoms. The second-order valence-corrected chi connectivity index (χ2v) is 2.91. The zero-order chi connectivity index (χ0) is 9.52. The fourth-order valence-electron chi connectivity index (χ4n) is 1.30. The number of ether oxygens (including phenoxy) is 2. The lowest BCUT2D eigenvalue weighted by atomic mass is 10.2. The molecule has 1 rings (SSSR count). The molecule has 2 atom stereocenters. The molecule has 0 N–H and O–H groups in total. The summed E-state index contributed by atoms with van der Waals surface area (Å²) in [6.07, 6.45) is 8.78. The van der Waals surface area contributed by atoms with Crippen LogP contribution in [0.25, 0.3) is 0 Å². The van der Waals surface area contributed by atoms with Crippen molar-refractivity contribution >= 4 is 0 Å². The van der Waals surface area contributed by atoms with Crippen LogP contribution in [0.15, 0.2) is 37.5 Å². The van der Waals surface area contributed by atoms with Gasteiger partial charge in [0, 0.05) is 0 Å². The molecule has 0 aromatic rings. The van der Waals surface area contributed by atoms with E-state index in [-0.39, 0.29) is 12.2 Å². The van der Waals surface area contributed by atoms with Crippen LogP contribution in [0.2, 0.25) is 0 Å². The lowest BCUT2D eigenvalue weighted by Crippen LogP contribution is -2.26. The predicted molar refractivity (Wildman–Crippen MR) is 53.6 cm³/mol. The molecule has 0 unspecified atom stereocenters. The Morgan fingerprint density at radius 1 is 1.23 bits per heavy atom. The molecule has 72 valence electrons. The van der Waals surface area contributed by atoms with Gasteiger partial charge in [0.15, 0.2) is 0 Å². The summed E-state index contributed by atoms with van der Waals surface area (Å²) >= 11 is 0. The van der Waals surface area contributed by atoms with E-state index in [0.29, 0.717) is 13.2 Å². The maximum Gasteiger partial charge on any atom is 0.102 e. The first-order valence-electron chi connectivity index (χ1n) is 4.50. The quantitative estimate of drug-likeness (QED) is 0.583. The molecule has 0 spiro atoms. The van der Waals surface area contributed by atoms with E-state index >= 15 is 0 Å². The van der Waals surface area contributed by atoms with Crippen LogP contribution in [0.4, 0.5) is 0 Å². The van der Waals surface area contributed by atoms with Crippen molar-refractivity contribution < 1.29 is 9.47 Å². The molecule has 13 heavy (non-hydrogen) atoms. The topological polar surface area (TPSA) is 18.5 Å². The Morgan fingerprint density at radius 3 is 2.62 bits per heavy atom. The van der Waals surface area contributed by atoms with E-state index in [1.807, 2.05) is 6.08 Å². The maximum absolute atomic E-state index is 5.52. The van der Waals surface area contributed by atoms with E-state index in [0.717, 1.165) is 6.42 Å². The van der Waals surface area contributed by atoms with E-state index in [1.54, 1.807) is 12.2 Å². The SMILES string of the molecule is C=CCO[C@H]1C=CC[C@H]1OCC=C. The van der Waals surface area contributed by atoms with Gasteiger partial charge in [-0.05, 0) is 6.42 Å². The molecule has 0 saturated carbocycles. The Kier molecular flexibility index (Phi) is 4.50. The first-order chi connectivity index (χ1) is 6.38. The molecule has 0 saturated heterocycles. The lowest BCUT2D eigenvalue weighted by molar-refractivity contribution is -0.0259. The molecule has 0 aliphatic heterocycles. The third-order valence-electron chi connectivity index (χ3n) is 1.90. The summed E-state index contributed by atoms with van der Waals surface area (Å²) in [5.41, 5.74) is 0. The van der Waals surface area contributed by atoms with Crippen LogP contribution in [0.3, 0.4) is 0 Å². The molecule has 0 aromatic carbocycles. The Bertz CT molecular complexity index is 196. The van der Waals surface area contributed by atoms with Crippen LogP contribution in [0.1, 0.15) is 6.42 Å². The van der Waals surface area contributed by atoms with Crippen molar-refractivity contribution in [2.45, 2.75) is 18.6 Å². The first-order valence-corrected chi connectivity index (χ1v) is 4.50. The van der Waals surface area contributed by atoms with Crippen LogP contribution in [0.5, 0.6) is 0 Å². The Balaban J connectivity index is 2.28. The van der Waals surface area contributed by atoms with Crippen LogP contribution in [-0.4, -0.2) is 25.4 Å². The van der Waals surface area contributed by atoms with Crippen molar-refractivity contribution in [1.29, 1.82) is 0 Å². The van der Waals surface area contributed by atoms with E-state index in [2.05, 4.69) is 19.2 Å². The average molecular weight is 180 g/mol. The Hall–Kier alpha value is -0.860. The van der Waals surface area contributed by atoms with Gasteiger partial charge in [-0.1, -0.05) is 24.3 Å². The molecule has 0 amide bonds. The molecule has 2 heteroatoms. The van der Waals surface area contributed by atoms with Gasteiger partial charge in [-0.25, -0.2) is 0 Å². The molecular formula is C11H16O2. The van der Waals surface area contributed by atoms with Gasteiger partial charge in [0.1, 0.15) is 6.10 Å². The zero-order valence-electron chi connectivity index (χ0n) is 7.82. The fraction of sp³-hybridized carbons (Fsp3) is 0.455. The molecule has 0 radical (unpaired) electrons. The largest absolute Gasteiger partial charge is 0.371 e. The van der Waals surface area contributed by atoms with Crippen molar-refractivity contribution in [3.8, 4) is 0 Å². The van der Waals surface area contributed by atoms with Crippen LogP contribution in [-0.2, 0) is 9.47 Å². The first kappa shape index (κ1) is 10.2. The average Bonchev–Trinajstić information content (AvgIpc) is 2.59. The van der Waals surface area contributed by atoms with E-state index in [1.165, 1.54) is 0 Å². The van der Waals surface area contributed by atoms with Crippen molar-refractivity contribution in [2.75, 3.05) is 13.2 Å². The van der Waals surface area contributed by atoms with Gasteiger partial charge >= 0.3 is 0 Å². The van der Waals surface area contributed by atoms with Gasteiger partial charge in [0.25, 0.3) is 0 Å². The van der Waals surface area contributed by atoms with E-state index in [9.17, 15) is 0 Å². The summed E-state index contributed by atoms with van der Waals surface area (Å²) in [6.45, 7) is 8.37. The molecule has 0 aromatic heterocycles. The third-order valence-corrected chi connectivity index (χ3v) is 1.90. The second kappa shape index (κ2) is 5.73. The summed E-state index contributed by atoms with van der Waals surface area (Å²) < 4.78 is 11.0. The van der Waals surface area contributed by atoms with Crippen molar-refractivity contribution in [2.24, 2.45) is 0 Å². The van der Waals surface area contributed by atoms with Gasteiger partial charge in [0.05, 0.1) is 19.3 Å². The lowest BCUT2D eigenvalue weighted by Gasteiger charge is -2.18. The normalized spacial score (nSPS) is 26.2. The summed E-state index contributed by atoms with van der Waals surface area (Å²) in [7, 11) is 0. The van der Waals surface area contributed by atoms with Crippen molar-refractivity contribution in [3.63, 3.8) is 0 Å². The van der Waals surface area contributed by atoms with Gasteiger partial charge in [-0.2, -0.15) is 0 Å².